The molecule has 0 spiro atoms. The molecule has 0 aliphatic carbocycles. The van der Waals surface area contributed by atoms with Gasteiger partial charge in [0, 0.05) is 12.3 Å². The molecule has 0 saturated carbocycles. The zero-order valence-corrected chi connectivity index (χ0v) is 15.7. The molecule has 4 nitrogen and oxygen atoms in total. The van der Waals surface area contributed by atoms with Crippen LogP contribution in [0.15, 0.2) is 53.7 Å². The predicted molar refractivity (Wildman–Crippen MR) is 103 cm³/mol. The highest BCUT2D eigenvalue weighted by molar-refractivity contribution is 7.98. The van der Waals surface area contributed by atoms with E-state index in [0.717, 1.165) is 34.6 Å². The SMILES string of the molecule is CCOc1ccccc1-c1nnc(SCc2ccccc2C)n1CC. The number of ether oxygens (including phenoxy) is 1. The number of benzene rings is 2. The Kier molecular flexibility index (Phi) is 5.76. The van der Waals surface area contributed by atoms with Crippen molar-refractivity contribution in [3.63, 3.8) is 0 Å². The Labute approximate surface area is 153 Å². The molecule has 3 rings (SSSR count). The average molecular weight is 353 g/mol. The van der Waals surface area contributed by atoms with Crippen LogP contribution in [0.1, 0.15) is 25.0 Å². The van der Waals surface area contributed by atoms with Crippen molar-refractivity contribution in [3.05, 3.63) is 59.7 Å². The Morgan fingerprint density at radius 2 is 1.76 bits per heavy atom. The molecule has 130 valence electrons. The normalized spacial score (nSPS) is 10.8. The summed E-state index contributed by atoms with van der Waals surface area (Å²) in [6.45, 7) is 7.70. The van der Waals surface area contributed by atoms with Gasteiger partial charge in [0.15, 0.2) is 11.0 Å². The van der Waals surface area contributed by atoms with E-state index in [0.29, 0.717) is 6.61 Å². The fraction of sp³-hybridized carbons (Fsp3) is 0.300. The lowest BCUT2D eigenvalue weighted by Crippen LogP contribution is -2.02. The molecule has 0 unspecified atom stereocenters. The second-order valence-electron chi connectivity index (χ2n) is 5.69. The molecule has 0 atom stereocenters. The third-order valence-electron chi connectivity index (χ3n) is 4.08. The minimum atomic E-state index is 0.631. The van der Waals surface area contributed by atoms with E-state index in [2.05, 4.69) is 52.9 Å². The molecular formula is C20H23N3OS. The van der Waals surface area contributed by atoms with Crippen molar-refractivity contribution >= 4 is 11.8 Å². The molecule has 2 aromatic carbocycles. The van der Waals surface area contributed by atoms with Crippen LogP contribution >= 0.6 is 11.8 Å². The van der Waals surface area contributed by atoms with Gasteiger partial charge in [0.2, 0.25) is 0 Å². The van der Waals surface area contributed by atoms with E-state index < -0.39 is 0 Å². The zero-order chi connectivity index (χ0) is 17.6. The first-order valence-electron chi connectivity index (χ1n) is 8.57. The van der Waals surface area contributed by atoms with E-state index in [1.54, 1.807) is 11.8 Å². The van der Waals surface area contributed by atoms with Gasteiger partial charge >= 0.3 is 0 Å². The lowest BCUT2D eigenvalue weighted by atomic mass is 10.1. The highest BCUT2D eigenvalue weighted by Crippen LogP contribution is 2.32. The highest BCUT2D eigenvalue weighted by atomic mass is 32.2. The first kappa shape index (κ1) is 17.5. The summed E-state index contributed by atoms with van der Waals surface area (Å²) in [5.74, 6) is 2.60. The van der Waals surface area contributed by atoms with Gasteiger partial charge in [-0.2, -0.15) is 0 Å². The van der Waals surface area contributed by atoms with Crippen LogP contribution < -0.4 is 4.74 Å². The minimum Gasteiger partial charge on any atom is -0.493 e. The monoisotopic (exact) mass is 353 g/mol. The van der Waals surface area contributed by atoms with Gasteiger partial charge in [0.05, 0.1) is 12.2 Å². The van der Waals surface area contributed by atoms with Crippen molar-refractivity contribution in [2.45, 2.75) is 38.2 Å². The van der Waals surface area contributed by atoms with Gasteiger partial charge in [-0.1, -0.05) is 48.2 Å². The lowest BCUT2D eigenvalue weighted by Gasteiger charge is -2.11. The Hall–Kier alpha value is -2.27. The second kappa shape index (κ2) is 8.21. The molecule has 3 aromatic rings. The predicted octanol–water partition coefficient (Wildman–Crippen LogP) is 4.96. The van der Waals surface area contributed by atoms with Crippen molar-refractivity contribution in [1.29, 1.82) is 0 Å². The number of aromatic nitrogens is 3. The third kappa shape index (κ3) is 3.87. The summed E-state index contributed by atoms with van der Waals surface area (Å²) in [7, 11) is 0. The molecule has 25 heavy (non-hydrogen) atoms. The molecule has 0 fully saturated rings. The van der Waals surface area contributed by atoms with Crippen molar-refractivity contribution < 1.29 is 4.74 Å². The fourth-order valence-corrected chi connectivity index (χ4v) is 3.81. The van der Waals surface area contributed by atoms with Gasteiger partial charge in [-0.15, -0.1) is 10.2 Å². The molecule has 0 amide bonds. The Morgan fingerprint density at radius 3 is 2.52 bits per heavy atom. The molecule has 0 aliphatic heterocycles. The first-order chi connectivity index (χ1) is 12.2. The van der Waals surface area contributed by atoms with Gasteiger partial charge < -0.3 is 9.30 Å². The largest absolute Gasteiger partial charge is 0.493 e. The van der Waals surface area contributed by atoms with E-state index in [-0.39, 0.29) is 0 Å². The summed E-state index contributed by atoms with van der Waals surface area (Å²) in [4.78, 5) is 0. The van der Waals surface area contributed by atoms with Gasteiger partial charge in [-0.3, -0.25) is 0 Å². The number of para-hydroxylation sites is 1. The molecule has 1 heterocycles. The van der Waals surface area contributed by atoms with Crippen molar-refractivity contribution in [3.8, 4) is 17.1 Å². The van der Waals surface area contributed by atoms with Crippen molar-refractivity contribution in [2.24, 2.45) is 0 Å². The fourth-order valence-electron chi connectivity index (χ4n) is 2.73. The minimum absolute atomic E-state index is 0.631. The quantitative estimate of drug-likeness (QED) is 0.563. The molecule has 0 aliphatic rings. The molecule has 0 saturated heterocycles. The summed E-state index contributed by atoms with van der Waals surface area (Å²) >= 11 is 1.72. The van der Waals surface area contributed by atoms with Crippen LogP contribution in [0.25, 0.3) is 11.4 Å². The van der Waals surface area contributed by atoms with E-state index >= 15 is 0 Å². The third-order valence-corrected chi connectivity index (χ3v) is 5.09. The number of thioether (sulfide) groups is 1. The number of nitrogens with zero attached hydrogens (tertiary/aromatic N) is 3. The standard InChI is InChI=1S/C20H23N3OS/c1-4-23-19(17-12-8-9-13-18(17)24-5-2)21-22-20(23)25-14-16-11-7-6-10-15(16)3/h6-13H,4-5,14H2,1-3H3. The number of hydrogen-bond donors (Lipinski definition) is 0. The van der Waals surface area contributed by atoms with Crippen molar-refractivity contribution in [1.82, 2.24) is 14.8 Å². The number of rotatable bonds is 7. The maximum absolute atomic E-state index is 5.76. The maximum Gasteiger partial charge on any atom is 0.191 e. The highest BCUT2D eigenvalue weighted by Gasteiger charge is 2.16. The van der Waals surface area contributed by atoms with Crippen LogP contribution in [0.2, 0.25) is 0 Å². The van der Waals surface area contributed by atoms with Gasteiger partial charge in [0.25, 0.3) is 0 Å². The molecule has 5 heteroatoms. The zero-order valence-electron chi connectivity index (χ0n) is 14.9. The Balaban J connectivity index is 1.88. The summed E-state index contributed by atoms with van der Waals surface area (Å²) in [6, 6.07) is 16.5. The van der Waals surface area contributed by atoms with Crippen LogP contribution in [0.3, 0.4) is 0 Å². The molecule has 1 aromatic heterocycles. The second-order valence-corrected chi connectivity index (χ2v) is 6.64. The van der Waals surface area contributed by atoms with Gasteiger partial charge in [-0.05, 0) is 44.0 Å². The van der Waals surface area contributed by atoms with E-state index in [4.69, 9.17) is 4.74 Å². The summed E-state index contributed by atoms with van der Waals surface area (Å²) in [5.41, 5.74) is 3.62. The van der Waals surface area contributed by atoms with Crippen LogP contribution in [-0.4, -0.2) is 21.4 Å². The van der Waals surface area contributed by atoms with Crippen LogP contribution in [0.5, 0.6) is 5.75 Å². The van der Waals surface area contributed by atoms with Crippen LogP contribution in [0, 0.1) is 6.92 Å². The molecular weight excluding hydrogens is 330 g/mol. The number of aryl methyl sites for hydroxylation is 1. The molecule has 0 N–H and O–H groups in total. The maximum atomic E-state index is 5.76. The molecule has 0 radical (unpaired) electrons. The number of hydrogen-bond acceptors (Lipinski definition) is 4. The van der Waals surface area contributed by atoms with Gasteiger partial charge in [-0.25, -0.2) is 0 Å². The summed E-state index contributed by atoms with van der Waals surface area (Å²) < 4.78 is 7.91. The molecule has 0 bridgehead atoms. The summed E-state index contributed by atoms with van der Waals surface area (Å²) in [6.07, 6.45) is 0. The van der Waals surface area contributed by atoms with Gasteiger partial charge in [0.1, 0.15) is 5.75 Å². The summed E-state index contributed by atoms with van der Waals surface area (Å²) in [5, 5.41) is 9.81. The van der Waals surface area contributed by atoms with Crippen LogP contribution in [-0.2, 0) is 12.3 Å². The Bertz CT molecular complexity index is 844. The van der Waals surface area contributed by atoms with E-state index in [1.165, 1.54) is 11.1 Å². The van der Waals surface area contributed by atoms with E-state index in [1.807, 2.05) is 31.2 Å². The van der Waals surface area contributed by atoms with Crippen LogP contribution in [0.4, 0.5) is 0 Å². The smallest absolute Gasteiger partial charge is 0.191 e. The topological polar surface area (TPSA) is 39.9 Å². The Morgan fingerprint density at radius 1 is 1.00 bits per heavy atom. The average Bonchev–Trinajstić information content (AvgIpc) is 3.04. The van der Waals surface area contributed by atoms with E-state index in [9.17, 15) is 0 Å². The van der Waals surface area contributed by atoms with Crippen molar-refractivity contribution in [2.75, 3.05) is 6.61 Å². The lowest BCUT2D eigenvalue weighted by molar-refractivity contribution is 0.341. The first-order valence-corrected chi connectivity index (χ1v) is 9.55.